The molecule has 0 spiro atoms. The summed E-state index contributed by atoms with van der Waals surface area (Å²) in [5, 5.41) is 11.5. The molecule has 1 aromatic carbocycles. The quantitative estimate of drug-likeness (QED) is 0.783. The van der Waals surface area contributed by atoms with Crippen molar-refractivity contribution in [1.82, 2.24) is 5.32 Å². The van der Waals surface area contributed by atoms with E-state index in [2.05, 4.69) is 5.32 Å². The predicted molar refractivity (Wildman–Crippen MR) is 66.0 cm³/mol. The van der Waals surface area contributed by atoms with Gasteiger partial charge in [0.15, 0.2) is 6.61 Å². The molecular formula is C13H19NO3. The van der Waals surface area contributed by atoms with E-state index >= 15 is 0 Å². The molecule has 0 heterocycles. The number of hydrogen-bond donors (Lipinski definition) is 2. The second kappa shape index (κ2) is 6.91. The fourth-order valence-corrected chi connectivity index (χ4v) is 1.44. The first-order valence-electron chi connectivity index (χ1n) is 5.72. The van der Waals surface area contributed by atoms with Gasteiger partial charge in [0.25, 0.3) is 5.91 Å². The maximum absolute atomic E-state index is 11.5. The Balaban J connectivity index is 2.36. The van der Waals surface area contributed by atoms with E-state index < -0.39 is 0 Å². The molecule has 1 amide bonds. The van der Waals surface area contributed by atoms with Gasteiger partial charge in [-0.1, -0.05) is 18.2 Å². The van der Waals surface area contributed by atoms with E-state index in [1.165, 1.54) is 0 Å². The largest absolute Gasteiger partial charge is 0.484 e. The van der Waals surface area contributed by atoms with E-state index in [1.54, 1.807) is 0 Å². The highest BCUT2D eigenvalue weighted by molar-refractivity contribution is 5.77. The fraction of sp³-hybridized carbons (Fsp3) is 0.462. The molecule has 0 fully saturated rings. The molecule has 17 heavy (non-hydrogen) atoms. The summed E-state index contributed by atoms with van der Waals surface area (Å²) < 4.78 is 5.40. The van der Waals surface area contributed by atoms with Crippen LogP contribution < -0.4 is 10.1 Å². The van der Waals surface area contributed by atoms with Crippen LogP contribution in [0.4, 0.5) is 0 Å². The van der Waals surface area contributed by atoms with Crippen LogP contribution in [0.15, 0.2) is 24.3 Å². The molecule has 0 bridgehead atoms. The first kappa shape index (κ1) is 13.5. The van der Waals surface area contributed by atoms with E-state index in [4.69, 9.17) is 9.84 Å². The van der Waals surface area contributed by atoms with Crippen molar-refractivity contribution in [2.24, 2.45) is 0 Å². The lowest BCUT2D eigenvalue weighted by molar-refractivity contribution is -0.123. The Labute approximate surface area is 102 Å². The highest BCUT2D eigenvalue weighted by Gasteiger charge is 2.08. The minimum absolute atomic E-state index is 0.000617. The molecule has 0 saturated carbocycles. The lowest BCUT2D eigenvalue weighted by Crippen LogP contribution is -2.36. The second-order valence-corrected chi connectivity index (χ2v) is 4.04. The molecule has 0 radical (unpaired) electrons. The molecule has 94 valence electrons. The third kappa shape index (κ3) is 4.87. The van der Waals surface area contributed by atoms with Crippen molar-refractivity contribution in [3.8, 4) is 5.75 Å². The van der Waals surface area contributed by atoms with Gasteiger partial charge >= 0.3 is 0 Å². The van der Waals surface area contributed by atoms with Gasteiger partial charge < -0.3 is 15.2 Å². The molecule has 0 aliphatic carbocycles. The molecule has 2 N–H and O–H groups in total. The van der Waals surface area contributed by atoms with Crippen LogP contribution in [0.2, 0.25) is 0 Å². The van der Waals surface area contributed by atoms with Crippen LogP contribution in [0.3, 0.4) is 0 Å². The topological polar surface area (TPSA) is 58.6 Å². The highest BCUT2D eigenvalue weighted by Crippen LogP contribution is 2.15. The third-order valence-corrected chi connectivity index (χ3v) is 2.42. The summed E-state index contributed by atoms with van der Waals surface area (Å²) in [4.78, 5) is 11.5. The summed E-state index contributed by atoms with van der Waals surface area (Å²) in [7, 11) is 0. The van der Waals surface area contributed by atoms with Crippen molar-refractivity contribution in [3.63, 3.8) is 0 Å². The number of aliphatic hydroxyl groups is 1. The normalized spacial score (nSPS) is 11.9. The molecular weight excluding hydrogens is 218 g/mol. The van der Waals surface area contributed by atoms with Crippen molar-refractivity contribution in [2.75, 3.05) is 13.2 Å². The van der Waals surface area contributed by atoms with Crippen molar-refractivity contribution >= 4 is 5.91 Å². The summed E-state index contributed by atoms with van der Waals surface area (Å²) in [5.74, 6) is 0.548. The lowest BCUT2D eigenvalue weighted by Gasteiger charge is -2.13. The first-order valence-corrected chi connectivity index (χ1v) is 5.72. The van der Waals surface area contributed by atoms with E-state index in [-0.39, 0.29) is 25.2 Å². The number of amides is 1. The van der Waals surface area contributed by atoms with Gasteiger partial charge in [-0.25, -0.2) is 0 Å². The fourth-order valence-electron chi connectivity index (χ4n) is 1.44. The monoisotopic (exact) mass is 237 g/mol. The molecule has 0 aliphatic heterocycles. The van der Waals surface area contributed by atoms with Gasteiger partial charge in [-0.3, -0.25) is 4.79 Å². The smallest absolute Gasteiger partial charge is 0.258 e. The number of rotatable bonds is 6. The zero-order chi connectivity index (χ0) is 12.7. The summed E-state index contributed by atoms with van der Waals surface area (Å²) in [6.45, 7) is 3.85. The van der Waals surface area contributed by atoms with E-state index in [9.17, 15) is 4.79 Å². The Morgan fingerprint density at radius 3 is 2.82 bits per heavy atom. The van der Waals surface area contributed by atoms with E-state index in [0.29, 0.717) is 6.42 Å². The van der Waals surface area contributed by atoms with Crippen LogP contribution in [0.25, 0.3) is 0 Å². The average molecular weight is 237 g/mol. The summed E-state index contributed by atoms with van der Waals surface area (Å²) >= 11 is 0. The van der Waals surface area contributed by atoms with Crippen molar-refractivity contribution in [2.45, 2.75) is 26.3 Å². The van der Waals surface area contributed by atoms with Gasteiger partial charge in [0.1, 0.15) is 5.75 Å². The van der Waals surface area contributed by atoms with Crippen LogP contribution in [0, 0.1) is 6.92 Å². The number of carbonyl (C=O) groups is 1. The molecule has 1 unspecified atom stereocenters. The van der Waals surface area contributed by atoms with Crippen molar-refractivity contribution in [1.29, 1.82) is 0 Å². The SMILES string of the molecule is Cc1ccccc1OCC(=O)NC(C)CCO. The van der Waals surface area contributed by atoms with E-state index in [1.807, 2.05) is 38.1 Å². The molecule has 0 saturated heterocycles. The Hall–Kier alpha value is -1.55. The molecule has 1 rings (SSSR count). The number of carbonyl (C=O) groups excluding carboxylic acids is 1. The Morgan fingerprint density at radius 2 is 2.18 bits per heavy atom. The molecule has 0 aromatic heterocycles. The maximum Gasteiger partial charge on any atom is 0.258 e. The molecule has 4 heteroatoms. The Bertz CT molecular complexity index is 365. The second-order valence-electron chi connectivity index (χ2n) is 4.04. The number of nitrogens with one attached hydrogen (secondary N) is 1. The van der Waals surface area contributed by atoms with Crippen molar-refractivity contribution in [3.05, 3.63) is 29.8 Å². The van der Waals surface area contributed by atoms with Crippen molar-refractivity contribution < 1.29 is 14.6 Å². The number of aryl methyl sites for hydroxylation is 1. The number of hydrogen-bond acceptors (Lipinski definition) is 3. The first-order chi connectivity index (χ1) is 8.13. The molecule has 1 aromatic rings. The number of ether oxygens (including phenoxy) is 1. The zero-order valence-corrected chi connectivity index (χ0v) is 10.3. The standard InChI is InChI=1S/C13H19NO3/c1-10-5-3-4-6-12(10)17-9-13(16)14-11(2)7-8-15/h3-6,11,15H,7-9H2,1-2H3,(H,14,16). The van der Waals surface area contributed by atoms with Gasteiger partial charge in [0, 0.05) is 12.6 Å². The van der Waals surface area contributed by atoms with Crippen LogP contribution in [0.5, 0.6) is 5.75 Å². The minimum Gasteiger partial charge on any atom is -0.484 e. The van der Waals surface area contributed by atoms with Gasteiger partial charge in [-0.15, -0.1) is 0 Å². The molecule has 0 aliphatic rings. The number of benzene rings is 1. The molecule has 4 nitrogen and oxygen atoms in total. The van der Waals surface area contributed by atoms with Crippen LogP contribution in [-0.4, -0.2) is 30.3 Å². The number of aliphatic hydroxyl groups excluding tert-OH is 1. The zero-order valence-electron chi connectivity index (χ0n) is 10.3. The van der Waals surface area contributed by atoms with E-state index in [0.717, 1.165) is 11.3 Å². The van der Waals surface area contributed by atoms with Gasteiger partial charge in [0.2, 0.25) is 0 Å². The minimum atomic E-state index is -0.172. The van der Waals surface area contributed by atoms with Gasteiger partial charge in [0.05, 0.1) is 0 Å². The Kier molecular flexibility index (Phi) is 5.49. The van der Waals surface area contributed by atoms with Crippen LogP contribution in [-0.2, 0) is 4.79 Å². The highest BCUT2D eigenvalue weighted by atomic mass is 16.5. The number of para-hydroxylation sites is 1. The average Bonchev–Trinajstić information content (AvgIpc) is 2.28. The predicted octanol–water partition coefficient (Wildman–Crippen LogP) is 1.26. The summed E-state index contributed by atoms with van der Waals surface area (Å²) in [5.41, 5.74) is 1.00. The maximum atomic E-state index is 11.5. The Morgan fingerprint density at radius 1 is 1.47 bits per heavy atom. The van der Waals surface area contributed by atoms with Gasteiger partial charge in [-0.05, 0) is 31.9 Å². The summed E-state index contributed by atoms with van der Waals surface area (Å²) in [6, 6.07) is 7.52. The third-order valence-electron chi connectivity index (χ3n) is 2.42. The lowest BCUT2D eigenvalue weighted by atomic mass is 10.2. The van der Waals surface area contributed by atoms with Gasteiger partial charge in [-0.2, -0.15) is 0 Å². The molecule has 1 atom stereocenters. The van der Waals surface area contributed by atoms with Crippen LogP contribution >= 0.6 is 0 Å². The van der Waals surface area contributed by atoms with Crippen LogP contribution in [0.1, 0.15) is 18.9 Å². The summed E-state index contributed by atoms with van der Waals surface area (Å²) in [6.07, 6.45) is 0.552.